The Morgan fingerprint density at radius 1 is 1.05 bits per heavy atom. The summed E-state index contributed by atoms with van der Waals surface area (Å²) in [5.41, 5.74) is -2.24. The molecule has 230 valence electrons. The molecule has 0 saturated carbocycles. The summed E-state index contributed by atoms with van der Waals surface area (Å²) in [6.45, 7) is 6.74. The molecule has 0 saturated heterocycles. The number of nitrogens with zero attached hydrogens (tertiary/aromatic N) is 1. The minimum Gasteiger partial charge on any atom is -0.380 e. The molecule has 0 aliphatic heterocycles. The summed E-state index contributed by atoms with van der Waals surface area (Å²) in [4.78, 5) is 20.1. The Kier molecular flexibility index (Phi) is 8.65. The van der Waals surface area contributed by atoms with Crippen molar-refractivity contribution in [3.8, 4) is 0 Å². The fourth-order valence-corrected chi connectivity index (χ4v) is 6.10. The molecule has 2 aromatic heterocycles. The van der Waals surface area contributed by atoms with Crippen LogP contribution in [0.25, 0.3) is 10.9 Å². The van der Waals surface area contributed by atoms with E-state index in [9.17, 15) is 35.9 Å². The van der Waals surface area contributed by atoms with E-state index in [1.807, 2.05) is 38.1 Å². The average molecular weight is 619 g/mol. The van der Waals surface area contributed by atoms with Crippen molar-refractivity contribution in [2.45, 2.75) is 75.1 Å². The number of aromatic nitrogens is 2. The van der Waals surface area contributed by atoms with E-state index in [1.165, 1.54) is 38.2 Å². The number of aryl methyl sites for hydroxylation is 1. The molecule has 0 aliphatic carbocycles. The number of carbonyl (C=O) groups is 1. The summed E-state index contributed by atoms with van der Waals surface area (Å²) in [5, 5.41) is 11.3. The molecule has 2 atom stereocenters. The van der Waals surface area contributed by atoms with E-state index in [-0.39, 0.29) is 34.2 Å². The molecule has 2 N–H and O–H groups in total. The average Bonchev–Trinajstić information content (AvgIpc) is 3.28. The van der Waals surface area contributed by atoms with Crippen LogP contribution in [0.3, 0.4) is 0 Å². The zero-order chi connectivity index (χ0) is 32.0. The maximum atomic E-state index is 14.5. The van der Waals surface area contributed by atoms with Crippen molar-refractivity contribution in [1.29, 1.82) is 0 Å². The number of pyridine rings is 1. The van der Waals surface area contributed by atoms with E-state index in [4.69, 9.17) is 0 Å². The van der Waals surface area contributed by atoms with Gasteiger partial charge in [-0.1, -0.05) is 56.7 Å². The molecule has 0 unspecified atom stereocenters. The fraction of sp³-hybridized carbons (Fsp3) is 0.375. The number of aromatic amines is 1. The van der Waals surface area contributed by atoms with Gasteiger partial charge in [0.2, 0.25) is 0 Å². The third-order valence-corrected chi connectivity index (χ3v) is 8.79. The second-order valence-electron chi connectivity index (χ2n) is 12.1. The van der Waals surface area contributed by atoms with Gasteiger partial charge in [-0.3, -0.25) is 4.79 Å². The number of rotatable bonds is 10. The Morgan fingerprint density at radius 2 is 1.70 bits per heavy atom. The second-order valence-corrected chi connectivity index (χ2v) is 14.0. The van der Waals surface area contributed by atoms with Gasteiger partial charge in [-0.15, -0.1) is 0 Å². The molecule has 0 fully saturated rings. The molecule has 0 aliphatic rings. The molecule has 0 bridgehead atoms. The number of benzene rings is 2. The Bertz CT molecular complexity index is 1760. The summed E-state index contributed by atoms with van der Waals surface area (Å²) in [6.07, 6.45) is -4.61. The van der Waals surface area contributed by atoms with Gasteiger partial charge in [0, 0.05) is 35.7 Å². The van der Waals surface area contributed by atoms with Gasteiger partial charge in [-0.25, -0.2) is 17.8 Å². The first-order valence-corrected chi connectivity index (χ1v) is 15.5. The van der Waals surface area contributed by atoms with Crippen molar-refractivity contribution in [2.24, 2.45) is 0 Å². The van der Waals surface area contributed by atoms with Crippen LogP contribution in [0.5, 0.6) is 0 Å². The Morgan fingerprint density at radius 3 is 2.30 bits per heavy atom. The van der Waals surface area contributed by atoms with Gasteiger partial charge in [0.15, 0.2) is 26.2 Å². The molecule has 0 radical (unpaired) electrons. The quantitative estimate of drug-likeness (QED) is 0.147. The molecular formula is C32H34F4N2O4S. The van der Waals surface area contributed by atoms with Crippen molar-refractivity contribution in [3.05, 3.63) is 94.6 Å². The first-order chi connectivity index (χ1) is 19.8. The number of hydrogen-bond acceptors (Lipinski definition) is 5. The molecule has 4 rings (SSSR count). The number of aliphatic hydroxyl groups is 1. The van der Waals surface area contributed by atoms with Crippen LogP contribution in [0.4, 0.5) is 17.6 Å². The topological polar surface area (TPSA) is 100 Å². The Labute approximate surface area is 248 Å². The number of carbonyl (C=O) groups excluding carboxylic acids is 1. The van der Waals surface area contributed by atoms with E-state index in [2.05, 4.69) is 9.97 Å². The van der Waals surface area contributed by atoms with Crippen molar-refractivity contribution in [1.82, 2.24) is 9.97 Å². The van der Waals surface area contributed by atoms with Crippen LogP contribution in [0.1, 0.15) is 72.3 Å². The second kappa shape index (κ2) is 11.5. The number of sulfone groups is 1. The van der Waals surface area contributed by atoms with Gasteiger partial charge in [0.05, 0.1) is 11.7 Å². The maximum Gasteiger partial charge on any atom is 0.417 e. The van der Waals surface area contributed by atoms with E-state index >= 15 is 0 Å². The highest BCUT2D eigenvalue weighted by molar-refractivity contribution is 7.90. The highest BCUT2D eigenvalue weighted by Gasteiger charge is 2.56. The lowest BCUT2D eigenvalue weighted by Crippen LogP contribution is -2.51. The number of H-pyrrole nitrogens is 1. The van der Waals surface area contributed by atoms with Gasteiger partial charge in [0.25, 0.3) is 0 Å². The fourth-order valence-electron chi connectivity index (χ4n) is 5.51. The van der Waals surface area contributed by atoms with Crippen LogP contribution < -0.4 is 0 Å². The summed E-state index contributed by atoms with van der Waals surface area (Å²) in [6, 6.07) is 13.6. The SMILES string of the molecule is Cc1ccc([C@H](C)CC(=O)c2cc(F)ccc2C(C)(C)C[C@](O)(Cc2cc3cc(S(C)(=O)=O)ncc3[nH]2)C(F)(F)F)cc1. The largest absolute Gasteiger partial charge is 0.417 e. The molecule has 11 heteroatoms. The summed E-state index contributed by atoms with van der Waals surface area (Å²) >= 11 is 0. The van der Waals surface area contributed by atoms with Crippen molar-refractivity contribution in [2.75, 3.05) is 6.26 Å². The summed E-state index contributed by atoms with van der Waals surface area (Å²) in [7, 11) is -3.65. The van der Waals surface area contributed by atoms with Crippen LogP contribution in [-0.4, -0.2) is 47.3 Å². The maximum absolute atomic E-state index is 14.5. The predicted octanol–water partition coefficient (Wildman–Crippen LogP) is 6.99. The van der Waals surface area contributed by atoms with Crippen LogP contribution >= 0.6 is 0 Å². The van der Waals surface area contributed by atoms with Gasteiger partial charge in [0.1, 0.15) is 5.82 Å². The molecule has 2 aromatic carbocycles. The normalized spacial score (nSPS) is 14.9. The standard InChI is InChI=1S/C32H34F4N2O4S/c1-19-6-8-21(9-7-19)20(2)12-28(39)25-15-23(33)10-11-26(25)30(3,4)18-31(40,32(34,35)36)16-24-13-22-14-29(43(5,41)42)37-17-27(22)38-24/h6-11,13-15,17,20,38,40H,12,16,18H2,1-5H3/t20-,31-/m1/s1. The lowest BCUT2D eigenvalue weighted by molar-refractivity contribution is -0.266. The smallest absolute Gasteiger partial charge is 0.380 e. The third kappa shape index (κ3) is 7.15. The van der Waals surface area contributed by atoms with Crippen molar-refractivity contribution >= 4 is 26.5 Å². The van der Waals surface area contributed by atoms with Gasteiger partial charge in [-0.05, 0) is 60.1 Å². The summed E-state index contributed by atoms with van der Waals surface area (Å²) < 4.78 is 81.7. The van der Waals surface area contributed by atoms with Crippen molar-refractivity contribution in [3.63, 3.8) is 0 Å². The zero-order valence-electron chi connectivity index (χ0n) is 24.5. The molecule has 2 heterocycles. The highest BCUT2D eigenvalue weighted by Crippen LogP contribution is 2.44. The number of alkyl halides is 3. The first-order valence-electron chi connectivity index (χ1n) is 13.7. The zero-order valence-corrected chi connectivity index (χ0v) is 25.3. The predicted molar refractivity (Wildman–Crippen MR) is 156 cm³/mol. The molecule has 4 aromatic rings. The number of hydrogen-bond donors (Lipinski definition) is 2. The van der Waals surface area contributed by atoms with Gasteiger partial charge < -0.3 is 10.1 Å². The van der Waals surface area contributed by atoms with E-state index in [1.54, 1.807) is 0 Å². The number of nitrogens with one attached hydrogen (secondary N) is 1. The van der Waals surface area contributed by atoms with E-state index < -0.39 is 51.5 Å². The molecule has 0 amide bonds. The van der Waals surface area contributed by atoms with Gasteiger partial charge >= 0.3 is 6.18 Å². The van der Waals surface area contributed by atoms with Crippen LogP contribution in [0.15, 0.2) is 65.8 Å². The van der Waals surface area contributed by atoms with Crippen LogP contribution in [0, 0.1) is 12.7 Å². The van der Waals surface area contributed by atoms with Crippen LogP contribution in [-0.2, 0) is 21.7 Å². The Balaban J connectivity index is 1.66. The molecule has 6 nitrogen and oxygen atoms in total. The lowest BCUT2D eigenvalue weighted by Gasteiger charge is -2.38. The van der Waals surface area contributed by atoms with E-state index in [0.717, 1.165) is 29.5 Å². The minimum atomic E-state index is -5.08. The molecule has 0 spiro atoms. The Hall–Kier alpha value is -3.57. The number of halogens is 4. The van der Waals surface area contributed by atoms with E-state index in [0.29, 0.717) is 10.9 Å². The lowest BCUT2D eigenvalue weighted by atomic mass is 9.71. The number of fused-ring (bicyclic) bond motifs is 1. The number of Topliss-reactive ketones (excluding diaryl/α,β-unsaturated/α-hetero) is 1. The minimum absolute atomic E-state index is 0.0116. The number of ketones is 1. The third-order valence-electron chi connectivity index (χ3n) is 7.81. The van der Waals surface area contributed by atoms with Crippen LogP contribution in [0.2, 0.25) is 0 Å². The monoisotopic (exact) mass is 618 g/mol. The highest BCUT2D eigenvalue weighted by atomic mass is 32.2. The summed E-state index contributed by atoms with van der Waals surface area (Å²) in [5.74, 6) is -1.34. The molecule has 43 heavy (non-hydrogen) atoms. The van der Waals surface area contributed by atoms with Gasteiger partial charge in [-0.2, -0.15) is 13.2 Å². The molecular weight excluding hydrogens is 584 g/mol. The first kappa shape index (κ1) is 32.3. The van der Waals surface area contributed by atoms with Crippen molar-refractivity contribution < 1.29 is 35.9 Å².